The van der Waals surface area contributed by atoms with Crippen LogP contribution in [0.5, 0.6) is 5.75 Å². The number of rotatable bonds is 6. The molecule has 1 aromatic heterocycles. The average Bonchev–Trinajstić information content (AvgIpc) is 2.88. The van der Waals surface area contributed by atoms with Crippen LogP contribution in [0.25, 0.3) is 11.0 Å². The maximum Gasteiger partial charge on any atom is 0.258 e. The first-order chi connectivity index (χ1) is 12.0. The van der Waals surface area contributed by atoms with Crippen molar-refractivity contribution >= 4 is 16.9 Å². The SMILES string of the molecule is Cc1cc(C)cc(OCC(=O)NCCn2c(C)nc3ccccc32)c1. The maximum absolute atomic E-state index is 12.0. The van der Waals surface area contributed by atoms with E-state index in [1.807, 2.05) is 57.2 Å². The van der Waals surface area contributed by atoms with Gasteiger partial charge in [-0.3, -0.25) is 4.79 Å². The summed E-state index contributed by atoms with van der Waals surface area (Å²) in [5.41, 5.74) is 4.31. The number of aryl methyl sites for hydroxylation is 3. The molecule has 3 rings (SSSR count). The summed E-state index contributed by atoms with van der Waals surface area (Å²) in [6, 6.07) is 13.9. The maximum atomic E-state index is 12.0. The van der Waals surface area contributed by atoms with Gasteiger partial charge in [-0.05, 0) is 56.2 Å². The summed E-state index contributed by atoms with van der Waals surface area (Å²) in [4.78, 5) is 16.5. The molecule has 0 radical (unpaired) electrons. The number of para-hydroxylation sites is 2. The van der Waals surface area contributed by atoms with Gasteiger partial charge >= 0.3 is 0 Å². The van der Waals surface area contributed by atoms with Crippen LogP contribution in [-0.2, 0) is 11.3 Å². The highest BCUT2D eigenvalue weighted by atomic mass is 16.5. The van der Waals surface area contributed by atoms with Crippen LogP contribution in [0.4, 0.5) is 0 Å². The van der Waals surface area contributed by atoms with Gasteiger partial charge in [-0.25, -0.2) is 4.98 Å². The van der Waals surface area contributed by atoms with Crippen LogP contribution in [0, 0.1) is 20.8 Å². The van der Waals surface area contributed by atoms with Crippen molar-refractivity contribution in [2.45, 2.75) is 27.3 Å². The first-order valence-corrected chi connectivity index (χ1v) is 8.42. The molecule has 0 saturated carbocycles. The number of benzene rings is 2. The Morgan fingerprint density at radius 2 is 1.84 bits per heavy atom. The lowest BCUT2D eigenvalue weighted by molar-refractivity contribution is -0.123. The highest BCUT2D eigenvalue weighted by Crippen LogP contribution is 2.16. The Morgan fingerprint density at radius 1 is 1.12 bits per heavy atom. The third kappa shape index (κ3) is 4.18. The van der Waals surface area contributed by atoms with Crippen LogP contribution in [0.15, 0.2) is 42.5 Å². The van der Waals surface area contributed by atoms with Crippen molar-refractivity contribution < 1.29 is 9.53 Å². The molecule has 0 aliphatic heterocycles. The highest BCUT2D eigenvalue weighted by molar-refractivity contribution is 5.78. The summed E-state index contributed by atoms with van der Waals surface area (Å²) >= 11 is 0. The molecular weight excluding hydrogens is 314 g/mol. The number of amides is 1. The van der Waals surface area contributed by atoms with Crippen molar-refractivity contribution in [3.05, 3.63) is 59.4 Å². The second-order valence-corrected chi connectivity index (χ2v) is 6.26. The van der Waals surface area contributed by atoms with Gasteiger partial charge in [0.2, 0.25) is 0 Å². The fourth-order valence-electron chi connectivity index (χ4n) is 3.00. The Bertz CT molecular complexity index is 879. The monoisotopic (exact) mass is 337 g/mol. The lowest BCUT2D eigenvalue weighted by Gasteiger charge is -2.10. The zero-order valence-corrected chi connectivity index (χ0v) is 14.9. The third-order valence-corrected chi connectivity index (χ3v) is 4.07. The lowest BCUT2D eigenvalue weighted by atomic mass is 10.1. The van der Waals surface area contributed by atoms with E-state index in [9.17, 15) is 4.79 Å². The van der Waals surface area contributed by atoms with E-state index in [1.165, 1.54) is 0 Å². The van der Waals surface area contributed by atoms with Crippen molar-refractivity contribution in [1.82, 2.24) is 14.9 Å². The van der Waals surface area contributed by atoms with Crippen molar-refractivity contribution in [3.8, 4) is 5.75 Å². The summed E-state index contributed by atoms with van der Waals surface area (Å²) in [6.45, 7) is 7.24. The Hall–Kier alpha value is -2.82. The molecule has 0 fully saturated rings. The standard InChI is InChI=1S/C20H23N3O2/c1-14-10-15(2)12-17(11-14)25-13-20(24)21-8-9-23-16(3)22-18-6-4-5-7-19(18)23/h4-7,10-12H,8-9,13H2,1-3H3,(H,21,24). The quantitative estimate of drug-likeness (QED) is 0.752. The van der Waals surface area contributed by atoms with Crippen LogP contribution in [0.2, 0.25) is 0 Å². The molecule has 1 N–H and O–H groups in total. The van der Waals surface area contributed by atoms with Gasteiger partial charge in [0.25, 0.3) is 5.91 Å². The largest absolute Gasteiger partial charge is 0.484 e. The molecule has 130 valence electrons. The Balaban J connectivity index is 1.51. The molecule has 0 bridgehead atoms. The summed E-state index contributed by atoms with van der Waals surface area (Å²) in [7, 11) is 0. The van der Waals surface area contributed by atoms with Gasteiger partial charge in [0.15, 0.2) is 6.61 Å². The summed E-state index contributed by atoms with van der Waals surface area (Å²) in [6.07, 6.45) is 0. The van der Waals surface area contributed by atoms with E-state index in [2.05, 4.69) is 20.9 Å². The minimum atomic E-state index is -0.124. The zero-order chi connectivity index (χ0) is 17.8. The van der Waals surface area contributed by atoms with Gasteiger partial charge in [0.05, 0.1) is 11.0 Å². The zero-order valence-electron chi connectivity index (χ0n) is 14.9. The van der Waals surface area contributed by atoms with Crippen molar-refractivity contribution in [2.24, 2.45) is 0 Å². The Kier molecular flexibility index (Phi) is 5.03. The van der Waals surface area contributed by atoms with E-state index in [0.717, 1.165) is 33.7 Å². The normalized spacial score (nSPS) is 10.8. The van der Waals surface area contributed by atoms with Crippen LogP contribution < -0.4 is 10.1 Å². The fraction of sp³-hybridized carbons (Fsp3) is 0.300. The smallest absolute Gasteiger partial charge is 0.258 e. The molecular formula is C20H23N3O2. The molecule has 5 heteroatoms. The Labute approximate surface area is 147 Å². The van der Waals surface area contributed by atoms with Crippen molar-refractivity contribution in [3.63, 3.8) is 0 Å². The fourth-order valence-corrected chi connectivity index (χ4v) is 3.00. The van der Waals surface area contributed by atoms with E-state index < -0.39 is 0 Å². The van der Waals surface area contributed by atoms with E-state index in [-0.39, 0.29) is 12.5 Å². The highest BCUT2D eigenvalue weighted by Gasteiger charge is 2.07. The molecule has 0 aliphatic rings. The van der Waals surface area contributed by atoms with E-state index in [1.54, 1.807) is 0 Å². The predicted octanol–water partition coefficient (Wildman–Crippen LogP) is 3.16. The minimum absolute atomic E-state index is 0.0204. The number of hydrogen-bond acceptors (Lipinski definition) is 3. The molecule has 0 spiro atoms. The number of ether oxygens (including phenoxy) is 1. The van der Waals surface area contributed by atoms with Crippen LogP contribution in [0.3, 0.4) is 0 Å². The average molecular weight is 337 g/mol. The van der Waals surface area contributed by atoms with Gasteiger partial charge in [0, 0.05) is 13.1 Å². The molecule has 5 nitrogen and oxygen atoms in total. The number of imidazole rings is 1. The lowest BCUT2D eigenvalue weighted by Crippen LogP contribution is -2.31. The van der Waals surface area contributed by atoms with Gasteiger partial charge in [-0.2, -0.15) is 0 Å². The molecule has 1 heterocycles. The summed E-state index contributed by atoms with van der Waals surface area (Å²) < 4.78 is 7.69. The molecule has 1 amide bonds. The van der Waals surface area contributed by atoms with Crippen LogP contribution in [-0.4, -0.2) is 28.6 Å². The van der Waals surface area contributed by atoms with Crippen molar-refractivity contribution in [2.75, 3.05) is 13.2 Å². The third-order valence-electron chi connectivity index (χ3n) is 4.07. The molecule has 0 saturated heterocycles. The number of carbonyl (C=O) groups is 1. The number of hydrogen-bond donors (Lipinski definition) is 1. The van der Waals surface area contributed by atoms with Gasteiger partial charge < -0.3 is 14.6 Å². The molecule has 0 aliphatic carbocycles. The molecule has 3 aromatic rings. The molecule has 0 atom stereocenters. The molecule has 0 unspecified atom stereocenters. The van der Waals surface area contributed by atoms with Crippen LogP contribution >= 0.6 is 0 Å². The van der Waals surface area contributed by atoms with Gasteiger partial charge in [-0.1, -0.05) is 18.2 Å². The number of nitrogens with one attached hydrogen (secondary N) is 1. The summed E-state index contributed by atoms with van der Waals surface area (Å²) in [5, 5.41) is 2.90. The van der Waals surface area contributed by atoms with Gasteiger partial charge in [0.1, 0.15) is 11.6 Å². The second-order valence-electron chi connectivity index (χ2n) is 6.26. The van der Waals surface area contributed by atoms with E-state index >= 15 is 0 Å². The summed E-state index contributed by atoms with van der Waals surface area (Å²) in [5.74, 6) is 1.55. The minimum Gasteiger partial charge on any atom is -0.484 e. The molecule has 2 aromatic carbocycles. The van der Waals surface area contributed by atoms with Crippen molar-refractivity contribution in [1.29, 1.82) is 0 Å². The molecule has 25 heavy (non-hydrogen) atoms. The van der Waals surface area contributed by atoms with E-state index in [4.69, 9.17) is 4.74 Å². The topological polar surface area (TPSA) is 56.1 Å². The predicted molar refractivity (Wildman–Crippen MR) is 98.9 cm³/mol. The second kappa shape index (κ2) is 7.38. The first-order valence-electron chi connectivity index (χ1n) is 8.42. The van der Waals surface area contributed by atoms with Crippen LogP contribution in [0.1, 0.15) is 17.0 Å². The number of carbonyl (C=O) groups excluding carboxylic acids is 1. The number of nitrogens with zero attached hydrogens (tertiary/aromatic N) is 2. The van der Waals surface area contributed by atoms with Gasteiger partial charge in [-0.15, -0.1) is 0 Å². The van der Waals surface area contributed by atoms with E-state index in [0.29, 0.717) is 13.1 Å². The number of aromatic nitrogens is 2. The first kappa shape index (κ1) is 17.0. The Morgan fingerprint density at radius 3 is 2.60 bits per heavy atom. The number of fused-ring (bicyclic) bond motifs is 1.